The summed E-state index contributed by atoms with van der Waals surface area (Å²) < 4.78 is 0. The summed E-state index contributed by atoms with van der Waals surface area (Å²) in [5.41, 5.74) is 0. The molecular weight excluding hydrogens is 160 g/mol. The Morgan fingerprint density at radius 2 is 0.545 bits per heavy atom. The number of hydrogen-bond donors (Lipinski definition) is 0. The first-order valence-corrected chi connectivity index (χ1v) is 1.61. The van der Waals surface area contributed by atoms with Crippen molar-refractivity contribution in [1.29, 1.82) is 0 Å². The van der Waals surface area contributed by atoms with E-state index < -0.39 is 0 Å². The van der Waals surface area contributed by atoms with Gasteiger partial charge in [0.05, 0.1) is 0 Å². The van der Waals surface area contributed by atoms with Gasteiger partial charge in [0.1, 0.15) is 0 Å². The van der Waals surface area contributed by atoms with Crippen LogP contribution in [0.4, 0.5) is 0 Å². The molecule has 11 heavy (non-hydrogen) atoms. The quantitative estimate of drug-likeness (QED) is 0.307. The zero-order chi connectivity index (χ0) is 6.83. The third kappa shape index (κ3) is 1170. The summed E-state index contributed by atoms with van der Waals surface area (Å²) in [6.07, 6.45) is 0.778. The van der Waals surface area contributed by atoms with E-state index in [1.807, 2.05) is 0 Å². The van der Waals surface area contributed by atoms with E-state index in [-0.39, 0.29) is 41.6 Å². The minimum atomic E-state index is 0. The Hall–Kier alpha value is -1.44. The van der Waals surface area contributed by atoms with Crippen LogP contribution in [0, 0.1) is 0 Å². The van der Waals surface area contributed by atoms with Crippen LogP contribution in [0.5, 0.6) is 0 Å². The van der Waals surface area contributed by atoms with Crippen LogP contribution in [0.1, 0.15) is 0 Å². The van der Waals surface area contributed by atoms with Gasteiger partial charge in [-0.1, -0.05) is 0 Å². The van der Waals surface area contributed by atoms with Gasteiger partial charge in [-0.2, -0.15) is 0 Å². The molecule has 0 aromatic heterocycles. The van der Waals surface area contributed by atoms with E-state index in [1.165, 1.54) is 0 Å². The van der Waals surface area contributed by atoms with Gasteiger partial charge in [-0.05, 0) is 0 Å². The molecule has 0 heterocycles. The fraction of sp³-hybridized carbons (Fsp3) is 0. The molecule has 0 atom stereocenters. The highest BCUT2D eigenvalue weighted by Crippen LogP contribution is 1.12. The Morgan fingerprint density at radius 3 is 0.545 bits per heavy atom. The summed E-state index contributed by atoms with van der Waals surface area (Å²) in [5.74, 6) is 0. The van der Waals surface area contributed by atoms with Gasteiger partial charge in [-0.25, -0.2) is 0 Å². The predicted molar refractivity (Wildman–Crippen MR) is 35.1 cm³/mol. The summed E-state index contributed by atoms with van der Waals surface area (Å²) in [7, 11) is 0. The fourth-order valence-corrected chi connectivity index (χ4v) is 0. The van der Waals surface area contributed by atoms with Crippen LogP contribution in [0.15, 0.2) is 0 Å². The number of carbonyl (C=O) groups is 4. The van der Waals surface area contributed by atoms with Gasteiger partial charge in [0, 0.05) is 0 Å². The molecule has 0 aliphatic heterocycles. The van der Waals surface area contributed by atoms with Crippen molar-refractivity contribution in [3.8, 4) is 0 Å². The smallest absolute Gasteiger partial charge is 0.182 e. The molecular formula is C4H10O7. The molecule has 0 fully saturated rings. The van der Waals surface area contributed by atoms with Gasteiger partial charge >= 0.3 is 0 Å². The molecule has 0 aliphatic rings. The monoisotopic (exact) mass is 170 g/mol. The van der Waals surface area contributed by atoms with Gasteiger partial charge in [0.2, 0.25) is 0 Å². The second kappa shape index (κ2) is 74.7. The molecule has 68 valence electrons. The molecule has 0 saturated carbocycles. The highest BCUT2D eigenvalue weighted by atomic mass is 16.2. The third-order valence-corrected chi connectivity index (χ3v) is 0.111. The average Bonchev–Trinajstić information content (AvgIpc) is 1.88. The van der Waals surface area contributed by atoms with Gasteiger partial charge < -0.3 is 16.4 Å². The lowest BCUT2D eigenvalue weighted by atomic mass is 10.9. The standard InChI is InChI=1S/2C2H2O2.3H2O/c2*3-1-2-4;;;/h2*1-2H;3*1H2. The van der Waals surface area contributed by atoms with Crippen LogP contribution < -0.4 is 0 Å². The van der Waals surface area contributed by atoms with E-state index >= 15 is 0 Å². The summed E-state index contributed by atoms with van der Waals surface area (Å²) in [4.78, 5) is 35.2. The van der Waals surface area contributed by atoms with Crippen LogP contribution in [0.3, 0.4) is 0 Å². The lowest BCUT2D eigenvalue weighted by Gasteiger charge is -1.31. The lowest BCUT2D eigenvalue weighted by molar-refractivity contribution is -0.122. The first-order chi connectivity index (χ1) is 3.83. The van der Waals surface area contributed by atoms with Crippen molar-refractivity contribution < 1.29 is 35.6 Å². The third-order valence-electron chi connectivity index (χ3n) is 0.111. The van der Waals surface area contributed by atoms with Crippen molar-refractivity contribution in [3.05, 3.63) is 0 Å². The summed E-state index contributed by atoms with van der Waals surface area (Å²) in [6, 6.07) is 0. The highest BCUT2D eigenvalue weighted by molar-refractivity contribution is 6.09. The number of aldehydes is 4. The lowest BCUT2D eigenvalue weighted by Crippen LogP contribution is -1.62. The number of carbonyl (C=O) groups excluding carboxylic acids is 4. The highest BCUT2D eigenvalue weighted by Gasteiger charge is 1.47. The Balaban J connectivity index is -0.0000000171. The van der Waals surface area contributed by atoms with Crippen molar-refractivity contribution in [3.63, 3.8) is 0 Å². The molecule has 0 unspecified atom stereocenters. The first kappa shape index (κ1) is 33.7. The molecule has 0 aromatic rings. The SMILES string of the molecule is O.O.O.O=CC=O.O=CC=O. The molecule has 0 amide bonds. The van der Waals surface area contributed by atoms with E-state index in [0.717, 1.165) is 0 Å². The molecule has 7 heteroatoms. The Morgan fingerprint density at radius 1 is 0.455 bits per heavy atom. The van der Waals surface area contributed by atoms with Crippen LogP contribution in [-0.2, 0) is 19.2 Å². The van der Waals surface area contributed by atoms with Crippen LogP contribution >= 0.6 is 0 Å². The fourth-order valence-electron chi connectivity index (χ4n) is 0. The van der Waals surface area contributed by atoms with Gasteiger partial charge in [0.25, 0.3) is 0 Å². The average molecular weight is 170 g/mol. The molecule has 0 radical (unpaired) electrons. The summed E-state index contributed by atoms with van der Waals surface area (Å²) in [6.45, 7) is 0. The zero-order valence-corrected chi connectivity index (χ0v) is 5.44. The zero-order valence-electron chi connectivity index (χ0n) is 5.44. The number of hydrogen-bond acceptors (Lipinski definition) is 4. The topological polar surface area (TPSA) is 163 Å². The molecule has 0 rings (SSSR count). The van der Waals surface area contributed by atoms with Crippen LogP contribution in [0.25, 0.3) is 0 Å². The van der Waals surface area contributed by atoms with Gasteiger partial charge in [0.15, 0.2) is 25.1 Å². The van der Waals surface area contributed by atoms with E-state index in [0.29, 0.717) is 0 Å². The maximum Gasteiger partial charge on any atom is 0.182 e. The van der Waals surface area contributed by atoms with Crippen molar-refractivity contribution in [1.82, 2.24) is 0 Å². The predicted octanol–water partition coefficient (Wildman–Crippen LogP) is -3.71. The minimum absolute atomic E-state index is 0. The largest absolute Gasteiger partial charge is 0.412 e. The second-order valence-electron chi connectivity index (χ2n) is 0.544. The Labute approximate surface area is 61.9 Å². The molecule has 7 nitrogen and oxygen atoms in total. The van der Waals surface area contributed by atoms with E-state index in [9.17, 15) is 0 Å². The molecule has 0 bridgehead atoms. The maximum absolute atomic E-state index is 8.81. The normalized spacial score (nSPS) is 3.64. The summed E-state index contributed by atoms with van der Waals surface area (Å²) >= 11 is 0. The van der Waals surface area contributed by atoms with Crippen molar-refractivity contribution >= 4 is 25.1 Å². The Kier molecular flexibility index (Phi) is 229. The van der Waals surface area contributed by atoms with Crippen molar-refractivity contribution in [2.75, 3.05) is 0 Å². The number of rotatable bonds is 2. The van der Waals surface area contributed by atoms with E-state index in [2.05, 4.69) is 0 Å². The molecule has 0 aromatic carbocycles. The molecule has 0 saturated heterocycles. The van der Waals surface area contributed by atoms with Crippen molar-refractivity contribution in [2.45, 2.75) is 0 Å². The van der Waals surface area contributed by atoms with Crippen LogP contribution in [-0.4, -0.2) is 41.6 Å². The van der Waals surface area contributed by atoms with Gasteiger partial charge in [-0.15, -0.1) is 0 Å². The van der Waals surface area contributed by atoms with Crippen LogP contribution in [0.2, 0.25) is 0 Å². The molecule has 0 aliphatic carbocycles. The first-order valence-electron chi connectivity index (χ1n) is 1.61. The van der Waals surface area contributed by atoms with Crippen molar-refractivity contribution in [2.24, 2.45) is 0 Å². The van der Waals surface area contributed by atoms with E-state index in [1.54, 1.807) is 0 Å². The minimum Gasteiger partial charge on any atom is -0.412 e. The molecule has 6 N–H and O–H groups in total. The Bertz CT molecular complexity index is 64.4. The van der Waals surface area contributed by atoms with E-state index in [4.69, 9.17) is 19.2 Å². The summed E-state index contributed by atoms with van der Waals surface area (Å²) in [5, 5.41) is 0. The van der Waals surface area contributed by atoms with Gasteiger partial charge in [-0.3, -0.25) is 19.2 Å². The second-order valence-corrected chi connectivity index (χ2v) is 0.544. The molecule has 0 spiro atoms. The maximum atomic E-state index is 8.81.